The number of carbonyl (C=O) groups excluding carboxylic acids is 1. The molecule has 0 bridgehead atoms. The molecule has 0 atom stereocenters. The third-order valence-corrected chi connectivity index (χ3v) is 3.55. The van der Waals surface area contributed by atoms with Crippen molar-refractivity contribution in [2.45, 2.75) is 19.8 Å². The fraction of sp³-hybridized carbons (Fsp3) is 0.462. The van der Waals surface area contributed by atoms with Crippen molar-refractivity contribution >= 4 is 23.2 Å². The summed E-state index contributed by atoms with van der Waals surface area (Å²) in [6.07, 6.45) is 2.33. The molecule has 0 radical (unpaired) electrons. The molecule has 1 amide bonds. The molecule has 102 valence electrons. The van der Waals surface area contributed by atoms with Gasteiger partial charge in [-0.05, 0) is 31.7 Å². The van der Waals surface area contributed by atoms with Crippen molar-refractivity contribution in [1.82, 2.24) is 4.90 Å². The average molecular weight is 283 g/mol. The molecular weight excluding hydrogens is 268 g/mol. The molecule has 1 saturated carbocycles. The first-order valence-corrected chi connectivity index (χ1v) is 6.64. The van der Waals surface area contributed by atoms with Gasteiger partial charge in [0.1, 0.15) is 0 Å². The molecule has 2 rings (SSSR count). The largest absolute Gasteiger partial charge is 0.339 e. The molecule has 1 aromatic rings. The topological polar surface area (TPSA) is 63.5 Å². The van der Waals surface area contributed by atoms with Crippen LogP contribution in [0.3, 0.4) is 0 Å². The van der Waals surface area contributed by atoms with E-state index in [0.29, 0.717) is 18.0 Å². The summed E-state index contributed by atoms with van der Waals surface area (Å²) in [6, 6.07) is 3.96. The maximum atomic E-state index is 12.3. The summed E-state index contributed by atoms with van der Waals surface area (Å²) in [4.78, 5) is 24.2. The lowest BCUT2D eigenvalue weighted by atomic mass is 10.1. The van der Waals surface area contributed by atoms with Crippen LogP contribution in [0.25, 0.3) is 0 Å². The van der Waals surface area contributed by atoms with Crippen molar-refractivity contribution in [3.8, 4) is 0 Å². The van der Waals surface area contributed by atoms with E-state index < -0.39 is 4.92 Å². The number of non-ortho nitro benzene ring substituents is 1. The molecule has 0 heterocycles. The van der Waals surface area contributed by atoms with Gasteiger partial charge in [0.15, 0.2) is 0 Å². The van der Waals surface area contributed by atoms with Crippen molar-refractivity contribution in [3.63, 3.8) is 0 Å². The molecule has 1 aliphatic rings. The molecule has 1 aromatic carbocycles. The predicted octanol–water partition coefficient (Wildman–Crippen LogP) is 3.12. The first kappa shape index (κ1) is 13.8. The number of carbonyl (C=O) groups is 1. The highest BCUT2D eigenvalue weighted by Crippen LogP contribution is 2.31. The monoisotopic (exact) mass is 282 g/mol. The van der Waals surface area contributed by atoms with Crippen LogP contribution in [0.4, 0.5) is 5.69 Å². The van der Waals surface area contributed by atoms with Gasteiger partial charge in [-0.15, -0.1) is 0 Å². The molecule has 6 heteroatoms. The van der Waals surface area contributed by atoms with Crippen molar-refractivity contribution < 1.29 is 9.72 Å². The second kappa shape index (κ2) is 5.57. The lowest BCUT2D eigenvalue weighted by Gasteiger charge is -2.21. The minimum absolute atomic E-state index is 0.105. The number of rotatable bonds is 5. The fourth-order valence-corrected chi connectivity index (χ4v) is 2.18. The molecule has 0 saturated heterocycles. The highest BCUT2D eigenvalue weighted by atomic mass is 35.5. The van der Waals surface area contributed by atoms with Crippen LogP contribution in [0.5, 0.6) is 0 Å². The number of benzene rings is 1. The van der Waals surface area contributed by atoms with E-state index in [0.717, 1.165) is 19.4 Å². The second-order valence-corrected chi connectivity index (χ2v) is 5.12. The highest BCUT2D eigenvalue weighted by Gasteiger charge is 2.27. The molecule has 0 aliphatic heterocycles. The number of nitro groups is 1. The van der Waals surface area contributed by atoms with E-state index >= 15 is 0 Å². The van der Waals surface area contributed by atoms with E-state index in [1.807, 2.05) is 6.92 Å². The second-order valence-electron chi connectivity index (χ2n) is 4.71. The van der Waals surface area contributed by atoms with Gasteiger partial charge in [0.25, 0.3) is 11.6 Å². The minimum atomic E-state index is -0.526. The molecule has 5 nitrogen and oxygen atoms in total. The Kier molecular flexibility index (Phi) is 4.04. The first-order chi connectivity index (χ1) is 9.02. The molecule has 0 unspecified atom stereocenters. The van der Waals surface area contributed by atoms with Crippen LogP contribution in [0.1, 0.15) is 30.1 Å². The zero-order chi connectivity index (χ0) is 14.0. The van der Waals surface area contributed by atoms with Gasteiger partial charge in [0.2, 0.25) is 0 Å². The highest BCUT2D eigenvalue weighted by molar-refractivity contribution is 6.34. The Labute approximate surface area is 116 Å². The Morgan fingerprint density at radius 2 is 2.21 bits per heavy atom. The molecule has 1 fully saturated rings. The summed E-state index contributed by atoms with van der Waals surface area (Å²) in [5.74, 6) is 0.440. The number of nitrogens with zero attached hydrogens (tertiary/aromatic N) is 2. The lowest BCUT2D eigenvalue weighted by Crippen LogP contribution is -2.32. The SMILES string of the molecule is CCN(CC1CC1)C(=O)c1ccc([N+](=O)[O-])cc1Cl. The predicted molar refractivity (Wildman–Crippen MR) is 72.4 cm³/mol. The standard InChI is InChI=1S/C13H15ClN2O3/c1-2-15(8-9-3-4-9)13(17)11-6-5-10(16(18)19)7-12(11)14/h5-7,9H,2-4,8H2,1H3. The zero-order valence-corrected chi connectivity index (χ0v) is 11.4. The molecular formula is C13H15ClN2O3. The van der Waals surface area contributed by atoms with Crippen molar-refractivity contribution in [2.75, 3.05) is 13.1 Å². The summed E-state index contributed by atoms with van der Waals surface area (Å²) < 4.78 is 0. The lowest BCUT2D eigenvalue weighted by molar-refractivity contribution is -0.384. The van der Waals surface area contributed by atoms with Crippen LogP contribution < -0.4 is 0 Å². The van der Waals surface area contributed by atoms with Gasteiger partial charge in [-0.1, -0.05) is 11.6 Å². The zero-order valence-electron chi connectivity index (χ0n) is 10.6. The Bertz CT molecular complexity index is 515. The van der Waals surface area contributed by atoms with Gasteiger partial charge in [-0.3, -0.25) is 14.9 Å². The number of hydrogen-bond acceptors (Lipinski definition) is 3. The summed E-state index contributed by atoms with van der Waals surface area (Å²) in [6.45, 7) is 3.27. The van der Waals surface area contributed by atoms with Gasteiger partial charge in [-0.2, -0.15) is 0 Å². The third kappa shape index (κ3) is 3.23. The van der Waals surface area contributed by atoms with Crippen LogP contribution >= 0.6 is 11.6 Å². The summed E-state index contributed by atoms with van der Waals surface area (Å²) in [7, 11) is 0. The van der Waals surface area contributed by atoms with Crippen molar-refractivity contribution in [1.29, 1.82) is 0 Å². The molecule has 0 aromatic heterocycles. The average Bonchev–Trinajstić information content (AvgIpc) is 3.18. The van der Waals surface area contributed by atoms with Gasteiger partial charge in [-0.25, -0.2) is 0 Å². The van der Waals surface area contributed by atoms with Crippen LogP contribution in [-0.2, 0) is 0 Å². The number of nitro benzene ring substituents is 1. The smallest absolute Gasteiger partial charge is 0.270 e. The van der Waals surface area contributed by atoms with Gasteiger partial charge in [0, 0.05) is 25.2 Å². The van der Waals surface area contributed by atoms with Crippen LogP contribution in [0.15, 0.2) is 18.2 Å². The Morgan fingerprint density at radius 1 is 1.53 bits per heavy atom. The number of amides is 1. The summed E-state index contributed by atoms with van der Waals surface area (Å²) in [5, 5.41) is 10.8. The fourth-order valence-electron chi connectivity index (χ4n) is 1.93. The Hall–Kier alpha value is -1.62. The van der Waals surface area contributed by atoms with Gasteiger partial charge >= 0.3 is 0 Å². The number of halogens is 1. The first-order valence-electron chi connectivity index (χ1n) is 6.26. The van der Waals surface area contributed by atoms with E-state index in [2.05, 4.69) is 0 Å². The van der Waals surface area contributed by atoms with Crippen LogP contribution in [0, 0.1) is 16.0 Å². The van der Waals surface area contributed by atoms with Crippen LogP contribution in [-0.4, -0.2) is 28.8 Å². The van der Waals surface area contributed by atoms with Gasteiger partial charge in [0.05, 0.1) is 15.5 Å². The summed E-state index contributed by atoms with van der Waals surface area (Å²) >= 11 is 5.97. The van der Waals surface area contributed by atoms with Gasteiger partial charge < -0.3 is 4.90 Å². The van der Waals surface area contributed by atoms with Crippen molar-refractivity contribution in [3.05, 3.63) is 38.9 Å². The molecule has 0 spiro atoms. The van der Waals surface area contributed by atoms with E-state index in [-0.39, 0.29) is 16.6 Å². The maximum absolute atomic E-state index is 12.3. The molecule has 0 N–H and O–H groups in total. The van der Waals surface area contributed by atoms with E-state index in [4.69, 9.17) is 11.6 Å². The molecule has 1 aliphatic carbocycles. The molecule has 19 heavy (non-hydrogen) atoms. The normalized spacial score (nSPS) is 14.2. The number of hydrogen-bond donors (Lipinski definition) is 0. The van der Waals surface area contributed by atoms with Crippen molar-refractivity contribution in [2.24, 2.45) is 5.92 Å². The van der Waals surface area contributed by atoms with E-state index in [1.165, 1.54) is 18.2 Å². The Morgan fingerprint density at radius 3 is 2.68 bits per heavy atom. The minimum Gasteiger partial charge on any atom is -0.339 e. The quantitative estimate of drug-likeness (QED) is 0.616. The van der Waals surface area contributed by atoms with E-state index in [1.54, 1.807) is 4.90 Å². The summed E-state index contributed by atoms with van der Waals surface area (Å²) in [5.41, 5.74) is 0.224. The maximum Gasteiger partial charge on any atom is 0.270 e. The third-order valence-electron chi connectivity index (χ3n) is 3.24. The van der Waals surface area contributed by atoms with Crippen LogP contribution in [0.2, 0.25) is 5.02 Å². The Balaban J connectivity index is 2.19. The van der Waals surface area contributed by atoms with E-state index in [9.17, 15) is 14.9 Å².